The molecule has 0 aliphatic carbocycles. The molecule has 1 rings (SSSR count). The molecule has 0 heterocycles. The maximum atomic E-state index is 10.5. The summed E-state index contributed by atoms with van der Waals surface area (Å²) in [6.45, 7) is 5.96. The minimum absolute atomic E-state index is 0.355. The minimum Gasteiger partial charge on any atom is -0.493 e. The number of rotatable bonds is 6. The first-order valence-electron chi connectivity index (χ1n) is 5.39. The molecule has 4 nitrogen and oxygen atoms in total. The molecule has 0 aliphatic rings. The van der Waals surface area contributed by atoms with Crippen LogP contribution in [-0.2, 0) is 4.79 Å². The van der Waals surface area contributed by atoms with E-state index in [2.05, 4.69) is 6.58 Å². The fourth-order valence-electron chi connectivity index (χ4n) is 1.34. The topological polar surface area (TPSA) is 55.8 Å². The maximum Gasteiger partial charge on any atom is 0.328 e. The largest absolute Gasteiger partial charge is 0.493 e. The summed E-state index contributed by atoms with van der Waals surface area (Å²) >= 11 is 0. The molecule has 96 valence electrons. The molecule has 0 aromatic heterocycles. The lowest BCUT2D eigenvalue weighted by molar-refractivity contribution is -0.131. The van der Waals surface area contributed by atoms with E-state index in [0.29, 0.717) is 23.7 Å². The van der Waals surface area contributed by atoms with Crippen LogP contribution in [0.5, 0.6) is 11.5 Å². The van der Waals surface area contributed by atoms with Crippen LogP contribution in [0.4, 0.5) is 0 Å². The van der Waals surface area contributed by atoms with Gasteiger partial charge in [0.25, 0.3) is 0 Å². The van der Waals surface area contributed by atoms with Crippen LogP contribution in [0, 0.1) is 0 Å². The molecule has 1 aromatic carbocycles. The highest BCUT2D eigenvalue weighted by Gasteiger charge is 2.08. The van der Waals surface area contributed by atoms with Crippen LogP contribution in [-0.4, -0.2) is 24.8 Å². The third kappa shape index (κ3) is 3.97. The van der Waals surface area contributed by atoms with Gasteiger partial charge in [-0.25, -0.2) is 4.79 Å². The number of benzene rings is 1. The normalized spacial score (nSPS) is 10.3. The number of methoxy groups -OCH3 is 1. The summed E-state index contributed by atoms with van der Waals surface area (Å²) in [6.07, 6.45) is 2.53. The molecular formula is C14H16O4. The maximum absolute atomic E-state index is 10.5. The highest BCUT2D eigenvalue weighted by molar-refractivity contribution is 5.86. The molecule has 4 heteroatoms. The lowest BCUT2D eigenvalue weighted by Gasteiger charge is -2.13. The van der Waals surface area contributed by atoms with Gasteiger partial charge in [0, 0.05) is 11.6 Å². The summed E-state index contributed by atoms with van der Waals surface area (Å²) in [5, 5.41) is 8.64. The smallest absolute Gasteiger partial charge is 0.328 e. The Labute approximate surface area is 106 Å². The molecule has 0 bridgehead atoms. The molecule has 0 saturated carbocycles. The standard InChI is InChI=1S/C14H16O4/c1-10(2)9-18-14-11(7-8-13(15)16)5-4-6-12(14)17-3/h4-8H,1,9H2,2-3H3,(H,15,16)/b8-7+. The number of hydrogen-bond acceptors (Lipinski definition) is 3. The second-order valence-electron chi connectivity index (χ2n) is 3.80. The van der Waals surface area contributed by atoms with Crippen molar-refractivity contribution < 1.29 is 19.4 Å². The second kappa shape index (κ2) is 6.49. The molecular weight excluding hydrogens is 232 g/mol. The van der Waals surface area contributed by atoms with Crippen molar-refractivity contribution in [2.24, 2.45) is 0 Å². The van der Waals surface area contributed by atoms with Crippen molar-refractivity contribution in [1.29, 1.82) is 0 Å². The van der Waals surface area contributed by atoms with E-state index in [0.717, 1.165) is 11.6 Å². The number of para-hydroxylation sites is 1. The number of ether oxygens (including phenoxy) is 2. The Morgan fingerprint density at radius 1 is 1.50 bits per heavy atom. The van der Waals surface area contributed by atoms with Crippen molar-refractivity contribution >= 4 is 12.0 Å². The van der Waals surface area contributed by atoms with Crippen molar-refractivity contribution in [2.75, 3.05) is 13.7 Å². The number of carbonyl (C=O) groups is 1. The summed E-state index contributed by atoms with van der Waals surface area (Å²) < 4.78 is 10.8. The van der Waals surface area contributed by atoms with Gasteiger partial charge in [-0.05, 0) is 24.6 Å². The van der Waals surface area contributed by atoms with Crippen LogP contribution < -0.4 is 9.47 Å². The van der Waals surface area contributed by atoms with Crippen LogP contribution in [0.25, 0.3) is 6.08 Å². The van der Waals surface area contributed by atoms with E-state index >= 15 is 0 Å². The Morgan fingerprint density at radius 2 is 2.22 bits per heavy atom. The number of hydrogen-bond donors (Lipinski definition) is 1. The molecule has 0 aliphatic heterocycles. The summed E-state index contributed by atoms with van der Waals surface area (Å²) in [5.74, 6) is 0.0629. The van der Waals surface area contributed by atoms with Gasteiger partial charge < -0.3 is 14.6 Å². The van der Waals surface area contributed by atoms with Gasteiger partial charge in [0.2, 0.25) is 0 Å². The van der Waals surface area contributed by atoms with Crippen LogP contribution in [0.2, 0.25) is 0 Å². The Bertz CT molecular complexity index is 475. The number of carboxylic acid groups (broad SMARTS) is 1. The third-order valence-corrected chi connectivity index (χ3v) is 2.10. The zero-order chi connectivity index (χ0) is 13.5. The van der Waals surface area contributed by atoms with Crippen molar-refractivity contribution in [1.82, 2.24) is 0 Å². The number of carboxylic acids is 1. The van der Waals surface area contributed by atoms with E-state index in [-0.39, 0.29) is 0 Å². The molecule has 0 unspecified atom stereocenters. The molecule has 0 atom stereocenters. The van der Waals surface area contributed by atoms with Gasteiger partial charge in [-0.2, -0.15) is 0 Å². The van der Waals surface area contributed by atoms with Crippen LogP contribution in [0.15, 0.2) is 36.4 Å². The quantitative estimate of drug-likeness (QED) is 0.621. The molecule has 0 fully saturated rings. The van der Waals surface area contributed by atoms with Gasteiger partial charge in [0.1, 0.15) is 6.61 Å². The fourth-order valence-corrected chi connectivity index (χ4v) is 1.34. The average Bonchev–Trinajstić information content (AvgIpc) is 2.33. The van der Waals surface area contributed by atoms with Gasteiger partial charge in [-0.15, -0.1) is 0 Å². The first kappa shape index (κ1) is 13.8. The summed E-state index contributed by atoms with van der Waals surface area (Å²) in [4.78, 5) is 10.5. The lowest BCUT2D eigenvalue weighted by atomic mass is 10.1. The molecule has 1 N–H and O–H groups in total. The molecule has 0 spiro atoms. The van der Waals surface area contributed by atoms with E-state index in [1.54, 1.807) is 18.2 Å². The van der Waals surface area contributed by atoms with Gasteiger partial charge >= 0.3 is 5.97 Å². The summed E-state index contributed by atoms with van der Waals surface area (Å²) in [7, 11) is 1.54. The fraction of sp³-hybridized carbons (Fsp3) is 0.214. The monoisotopic (exact) mass is 248 g/mol. The van der Waals surface area contributed by atoms with Crippen molar-refractivity contribution in [2.45, 2.75) is 6.92 Å². The Kier molecular flexibility index (Phi) is 4.99. The highest BCUT2D eigenvalue weighted by Crippen LogP contribution is 2.32. The van der Waals surface area contributed by atoms with Gasteiger partial charge in [0.15, 0.2) is 11.5 Å². The average molecular weight is 248 g/mol. The lowest BCUT2D eigenvalue weighted by Crippen LogP contribution is -2.01. The van der Waals surface area contributed by atoms with Crippen molar-refractivity contribution in [3.8, 4) is 11.5 Å². The predicted octanol–water partition coefficient (Wildman–Crippen LogP) is 2.75. The second-order valence-corrected chi connectivity index (χ2v) is 3.80. The molecule has 0 amide bonds. The summed E-state index contributed by atoms with van der Waals surface area (Å²) in [6, 6.07) is 5.29. The van der Waals surface area contributed by atoms with E-state index in [1.807, 2.05) is 6.92 Å². The van der Waals surface area contributed by atoms with Crippen molar-refractivity contribution in [3.63, 3.8) is 0 Å². The predicted molar refractivity (Wildman–Crippen MR) is 70.0 cm³/mol. The van der Waals surface area contributed by atoms with E-state index in [1.165, 1.54) is 13.2 Å². The van der Waals surface area contributed by atoms with Gasteiger partial charge in [-0.3, -0.25) is 0 Å². The van der Waals surface area contributed by atoms with Gasteiger partial charge in [0.05, 0.1) is 7.11 Å². The van der Waals surface area contributed by atoms with Crippen molar-refractivity contribution in [3.05, 3.63) is 42.0 Å². The zero-order valence-corrected chi connectivity index (χ0v) is 10.5. The van der Waals surface area contributed by atoms with Gasteiger partial charge in [-0.1, -0.05) is 18.7 Å². The molecule has 18 heavy (non-hydrogen) atoms. The number of aliphatic carboxylic acids is 1. The molecule has 0 saturated heterocycles. The van der Waals surface area contributed by atoms with E-state index < -0.39 is 5.97 Å². The van der Waals surface area contributed by atoms with E-state index in [9.17, 15) is 4.79 Å². The van der Waals surface area contributed by atoms with Crippen LogP contribution >= 0.6 is 0 Å². The minimum atomic E-state index is -1.01. The molecule has 1 aromatic rings. The SMILES string of the molecule is C=C(C)COc1c(/C=C/C(=O)O)cccc1OC. The van der Waals surface area contributed by atoms with E-state index in [4.69, 9.17) is 14.6 Å². The van der Waals surface area contributed by atoms with Crippen LogP contribution in [0.1, 0.15) is 12.5 Å². The van der Waals surface area contributed by atoms with Crippen LogP contribution in [0.3, 0.4) is 0 Å². The highest BCUT2D eigenvalue weighted by atomic mass is 16.5. The first-order chi connectivity index (χ1) is 8.54. The summed E-state index contributed by atoms with van der Waals surface area (Å²) in [5.41, 5.74) is 1.52. The first-order valence-corrected chi connectivity index (χ1v) is 5.39. The third-order valence-electron chi connectivity index (χ3n) is 2.10. The Balaban J connectivity index is 3.07. The zero-order valence-electron chi connectivity index (χ0n) is 10.5. The molecule has 0 radical (unpaired) electrons. The Morgan fingerprint density at radius 3 is 2.78 bits per heavy atom. The Hall–Kier alpha value is -2.23.